The fourth-order valence-corrected chi connectivity index (χ4v) is 2.10. The van der Waals surface area contributed by atoms with E-state index in [2.05, 4.69) is 10.2 Å². The standard InChI is InChI=1S/C12H17ClN4O/c1-4-16-7-9(5-14-16)12(18)11-10(13)6-15-17(11)8(2)3/h5-8,12,18H,4H2,1-3H3. The Morgan fingerprint density at radius 1 is 1.33 bits per heavy atom. The number of aryl methyl sites for hydroxylation is 1. The van der Waals surface area contributed by atoms with E-state index in [1.807, 2.05) is 27.0 Å². The van der Waals surface area contributed by atoms with Crippen molar-refractivity contribution in [2.45, 2.75) is 39.5 Å². The average Bonchev–Trinajstić information content (AvgIpc) is 2.94. The fraction of sp³-hybridized carbons (Fsp3) is 0.500. The molecule has 0 aliphatic heterocycles. The smallest absolute Gasteiger partial charge is 0.125 e. The quantitative estimate of drug-likeness (QED) is 0.926. The molecule has 0 saturated carbocycles. The highest BCUT2D eigenvalue weighted by Gasteiger charge is 2.22. The van der Waals surface area contributed by atoms with Crippen molar-refractivity contribution in [3.63, 3.8) is 0 Å². The molecule has 2 heterocycles. The summed E-state index contributed by atoms with van der Waals surface area (Å²) >= 11 is 6.10. The summed E-state index contributed by atoms with van der Waals surface area (Å²) < 4.78 is 3.50. The Hall–Kier alpha value is -1.33. The van der Waals surface area contributed by atoms with Crippen molar-refractivity contribution in [1.82, 2.24) is 19.6 Å². The van der Waals surface area contributed by atoms with Crippen molar-refractivity contribution in [2.24, 2.45) is 0 Å². The van der Waals surface area contributed by atoms with Crippen molar-refractivity contribution in [1.29, 1.82) is 0 Å². The molecular weight excluding hydrogens is 252 g/mol. The maximum Gasteiger partial charge on any atom is 0.125 e. The molecule has 0 aromatic carbocycles. The third kappa shape index (κ3) is 2.28. The van der Waals surface area contributed by atoms with Gasteiger partial charge < -0.3 is 5.11 Å². The zero-order valence-electron chi connectivity index (χ0n) is 10.7. The minimum absolute atomic E-state index is 0.142. The largest absolute Gasteiger partial charge is 0.382 e. The Labute approximate surface area is 111 Å². The second-order valence-corrected chi connectivity index (χ2v) is 4.86. The number of rotatable bonds is 4. The third-order valence-electron chi connectivity index (χ3n) is 2.83. The summed E-state index contributed by atoms with van der Waals surface area (Å²) in [5.41, 5.74) is 1.34. The van der Waals surface area contributed by atoms with Crippen molar-refractivity contribution in [3.8, 4) is 0 Å². The summed E-state index contributed by atoms with van der Waals surface area (Å²) in [4.78, 5) is 0. The molecule has 2 aromatic rings. The number of aliphatic hydroxyl groups excluding tert-OH is 1. The second-order valence-electron chi connectivity index (χ2n) is 4.45. The molecule has 0 aliphatic carbocycles. The zero-order valence-corrected chi connectivity index (χ0v) is 11.5. The average molecular weight is 269 g/mol. The molecule has 0 bridgehead atoms. The third-order valence-corrected chi connectivity index (χ3v) is 3.12. The van der Waals surface area contributed by atoms with Gasteiger partial charge in [-0.25, -0.2) is 0 Å². The molecule has 6 heteroatoms. The van der Waals surface area contributed by atoms with Crippen LogP contribution in [0.5, 0.6) is 0 Å². The van der Waals surface area contributed by atoms with Crippen LogP contribution in [-0.2, 0) is 6.54 Å². The van der Waals surface area contributed by atoms with Gasteiger partial charge in [0, 0.05) is 24.3 Å². The molecule has 0 radical (unpaired) electrons. The van der Waals surface area contributed by atoms with Gasteiger partial charge in [0.2, 0.25) is 0 Å². The minimum atomic E-state index is -0.803. The molecular formula is C12H17ClN4O. The van der Waals surface area contributed by atoms with Gasteiger partial charge in [-0.1, -0.05) is 11.6 Å². The zero-order chi connectivity index (χ0) is 13.3. The van der Waals surface area contributed by atoms with E-state index in [1.54, 1.807) is 21.8 Å². The van der Waals surface area contributed by atoms with E-state index in [0.717, 1.165) is 12.1 Å². The first-order valence-corrected chi connectivity index (χ1v) is 6.35. The van der Waals surface area contributed by atoms with E-state index < -0.39 is 6.10 Å². The van der Waals surface area contributed by atoms with Crippen LogP contribution >= 0.6 is 11.6 Å². The molecule has 2 rings (SSSR count). The number of hydrogen-bond donors (Lipinski definition) is 1. The number of aromatic nitrogens is 4. The highest BCUT2D eigenvalue weighted by Crippen LogP contribution is 2.29. The van der Waals surface area contributed by atoms with Crippen LogP contribution in [0.1, 0.15) is 44.2 Å². The van der Waals surface area contributed by atoms with Crippen LogP contribution in [0.2, 0.25) is 5.02 Å². The lowest BCUT2D eigenvalue weighted by molar-refractivity contribution is 0.205. The van der Waals surface area contributed by atoms with Crippen LogP contribution < -0.4 is 0 Å². The highest BCUT2D eigenvalue weighted by atomic mass is 35.5. The van der Waals surface area contributed by atoms with E-state index in [0.29, 0.717) is 10.7 Å². The van der Waals surface area contributed by atoms with Crippen LogP contribution in [0.4, 0.5) is 0 Å². The van der Waals surface area contributed by atoms with Gasteiger partial charge in [0.15, 0.2) is 0 Å². The highest BCUT2D eigenvalue weighted by molar-refractivity contribution is 6.31. The molecule has 18 heavy (non-hydrogen) atoms. The summed E-state index contributed by atoms with van der Waals surface area (Å²) in [7, 11) is 0. The number of halogens is 1. The molecule has 0 fully saturated rings. The van der Waals surface area contributed by atoms with Crippen molar-refractivity contribution in [3.05, 3.63) is 34.9 Å². The summed E-state index contributed by atoms with van der Waals surface area (Å²) in [5.74, 6) is 0. The van der Waals surface area contributed by atoms with Gasteiger partial charge in [-0.15, -0.1) is 0 Å². The lowest BCUT2D eigenvalue weighted by Gasteiger charge is -2.15. The van der Waals surface area contributed by atoms with Crippen LogP contribution in [0, 0.1) is 0 Å². The van der Waals surface area contributed by atoms with Crippen molar-refractivity contribution < 1.29 is 5.11 Å². The van der Waals surface area contributed by atoms with E-state index in [9.17, 15) is 5.11 Å². The first-order chi connectivity index (χ1) is 8.54. The Kier molecular flexibility index (Phi) is 3.73. The first-order valence-electron chi connectivity index (χ1n) is 5.97. The van der Waals surface area contributed by atoms with Gasteiger partial charge >= 0.3 is 0 Å². The first kappa shape index (κ1) is 13.1. The molecule has 1 N–H and O–H groups in total. The monoisotopic (exact) mass is 268 g/mol. The van der Waals surface area contributed by atoms with Crippen LogP contribution in [0.15, 0.2) is 18.6 Å². The molecule has 1 unspecified atom stereocenters. The molecule has 0 spiro atoms. The normalized spacial score (nSPS) is 13.2. The molecule has 0 saturated heterocycles. The number of nitrogens with zero attached hydrogens (tertiary/aromatic N) is 4. The Morgan fingerprint density at radius 2 is 2.06 bits per heavy atom. The van der Waals surface area contributed by atoms with Crippen molar-refractivity contribution >= 4 is 11.6 Å². The van der Waals surface area contributed by atoms with Gasteiger partial charge in [-0.3, -0.25) is 9.36 Å². The van der Waals surface area contributed by atoms with E-state index in [1.165, 1.54) is 0 Å². The maximum absolute atomic E-state index is 10.4. The predicted molar refractivity (Wildman–Crippen MR) is 69.6 cm³/mol. The van der Waals surface area contributed by atoms with Gasteiger partial charge in [-0.2, -0.15) is 10.2 Å². The molecule has 0 amide bonds. The van der Waals surface area contributed by atoms with Gasteiger partial charge in [0.1, 0.15) is 6.10 Å². The van der Waals surface area contributed by atoms with E-state index in [4.69, 9.17) is 11.6 Å². The SMILES string of the molecule is CCn1cc(C(O)c2c(Cl)cnn2C(C)C)cn1. The molecule has 98 valence electrons. The Morgan fingerprint density at radius 3 is 2.61 bits per heavy atom. The van der Waals surface area contributed by atoms with E-state index in [-0.39, 0.29) is 6.04 Å². The van der Waals surface area contributed by atoms with Gasteiger partial charge in [0.05, 0.1) is 23.1 Å². The summed E-state index contributed by atoms with van der Waals surface area (Å²) in [6, 6.07) is 0.142. The van der Waals surface area contributed by atoms with E-state index >= 15 is 0 Å². The number of hydrogen-bond acceptors (Lipinski definition) is 3. The fourth-order valence-electron chi connectivity index (χ4n) is 1.87. The van der Waals surface area contributed by atoms with Crippen LogP contribution in [0.3, 0.4) is 0 Å². The summed E-state index contributed by atoms with van der Waals surface area (Å²) in [5, 5.41) is 19.2. The molecule has 2 aromatic heterocycles. The van der Waals surface area contributed by atoms with Crippen LogP contribution in [0.25, 0.3) is 0 Å². The Balaban J connectivity index is 2.38. The Bertz CT molecular complexity index is 532. The molecule has 1 atom stereocenters. The lowest BCUT2D eigenvalue weighted by atomic mass is 10.1. The molecule has 0 aliphatic rings. The topological polar surface area (TPSA) is 55.9 Å². The second kappa shape index (κ2) is 5.12. The minimum Gasteiger partial charge on any atom is -0.382 e. The van der Waals surface area contributed by atoms with Gasteiger partial charge in [0.25, 0.3) is 0 Å². The van der Waals surface area contributed by atoms with Crippen LogP contribution in [-0.4, -0.2) is 24.7 Å². The lowest BCUT2D eigenvalue weighted by Crippen LogP contribution is -2.12. The summed E-state index contributed by atoms with van der Waals surface area (Å²) in [6.07, 6.45) is 4.23. The van der Waals surface area contributed by atoms with Crippen molar-refractivity contribution in [2.75, 3.05) is 0 Å². The number of aliphatic hydroxyl groups is 1. The molecule has 5 nitrogen and oxygen atoms in total. The van der Waals surface area contributed by atoms with Gasteiger partial charge in [-0.05, 0) is 20.8 Å². The maximum atomic E-state index is 10.4. The predicted octanol–water partition coefficient (Wildman–Crippen LogP) is 2.42. The summed E-state index contributed by atoms with van der Waals surface area (Å²) in [6.45, 7) is 6.75.